The second kappa shape index (κ2) is 6.36. The largest absolute Gasteiger partial charge is 0.597 e. The van der Waals surface area contributed by atoms with Gasteiger partial charge in [-0.15, -0.1) is 4.31 Å². The molecule has 0 bridgehead atoms. The van der Waals surface area contributed by atoms with Crippen LogP contribution in [0.5, 0.6) is 0 Å². The number of carbonyl (C=O) groups excluding carboxylic acids is 1. The highest BCUT2D eigenvalue weighted by Crippen LogP contribution is 2.39. The summed E-state index contributed by atoms with van der Waals surface area (Å²) in [5.74, 6) is 0.0431. The number of benzene rings is 2. The molecule has 0 aliphatic carbocycles. The van der Waals surface area contributed by atoms with E-state index in [9.17, 15) is 9.35 Å². The van der Waals surface area contributed by atoms with Crippen molar-refractivity contribution in [1.82, 2.24) is 4.31 Å². The molecule has 4 heteroatoms. The van der Waals surface area contributed by atoms with E-state index in [1.54, 1.807) is 6.92 Å². The smallest absolute Gasteiger partial charge is 0.157 e. The third-order valence-electron chi connectivity index (χ3n) is 4.31. The minimum absolute atomic E-state index is 0.0431. The molecule has 1 aliphatic heterocycles. The van der Waals surface area contributed by atoms with E-state index in [1.807, 2.05) is 49.4 Å². The monoisotopic (exact) mass is 341 g/mol. The van der Waals surface area contributed by atoms with Crippen molar-refractivity contribution in [3.8, 4) is 0 Å². The van der Waals surface area contributed by atoms with E-state index < -0.39 is 11.4 Å². The number of ketones is 1. The molecule has 0 saturated heterocycles. The first kappa shape index (κ1) is 17.2. The molecule has 0 amide bonds. The number of nitrogens with zero attached hydrogens (tertiary/aromatic N) is 1. The molecule has 3 nitrogen and oxygen atoms in total. The van der Waals surface area contributed by atoms with Crippen LogP contribution in [0.4, 0.5) is 0 Å². The molecule has 24 heavy (non-hydrogen) atoms. The zero-order valence-corrected chi connectivity index (χ0v) is 15.4. The van der Waals surface area contributed by atoms with Crippen LogP contribution in [-0.2, 0) is 16.2 Å². The molecule has 1 unspecified atom stereocenters. The van der Waals surface area contributed by atoms with E-state index >= 15 is 0 Å². The number of carbonyl (C=O) groups is 1. The Morgan fingerprint density at radius 3 is 2.46 bits per heavy atom. The average molecular weight is 341 g/mol. The summed E-state index contributed by atoms with van der Waals surface area (Å²) in [6.07, 6.45) is 1.92. The zero-order chi connectivity index (χ0) is 17.5. The molecule has 0 aromatic heterocycles. The fourth-order valence-electron chi connectivity index (χ4n) is 3.14. The molecule has 2 aromatic carbocycles. The topological polar surface area (TPSA) is 43.4 Å². The summed E-state index contributed by atoms with van der Waals surface area (Å²) in [5.41, 5.74) is 1.76. The Morgan fingerprint density at radius 1 is 1.17 bits per heavy atom. The minimum atomic E-state index is -1.19. The Hall–Kier alpha value is -1.62. The van der Waals surface area contributed by atoms with Gasteiger partial charge in [-0.3, -0.25) is 4.79 Å². The molecule has 126 valence electrons. The fraction of sp³-hybridized carbons (Fsp3) is 0.350. The van der Waals surface area contributed by atoms with Crippen LogP contribution in [0.2, 0.25) is 0 Å². The summed E-state index contributed by atoms with van der Waals surface area (Å²) in [7, 11) is 0. The van der Waals surface area contributed by atoms with Crippen LogP contribution in [0, 0.1) is 0 Å². The third-order valence-corrected chi connectivity index (χ3v) is 6.14. The van der Waals surface area contributed by atoms with Crippen LogP contribution < -0.4 is 0 Å². The number of fused-ring (bicyclic) bond motifs is 1. The summed E-state index contributed by atoms with van der Waals surface area (Å²) in [6, 6.07) is 14.1. The first-order valence-electron chi connectivity index (χ1n) is 8.17. The number of rotatable bonds is 3. The van der Waals surface area contributed by atoms with E-state index in [0.29, 0.717) is 6.54 Å². The standard InChI is InChI=1S/C20H23NO2S/c1-14(22)18-11-12-21(24(23)20(2,3)4)19(18)17-10-9-15-7-5-6-8-16(15)13-17/h5-11,13,19H,12H2,1-4H3/t19-,24?/m0/s1. The van der Waals surface area contributed by atoms with Gasteiger partial charge in [-0.05, 0) is 50.1 Å². The van der Waals surface area contributed by atoms with E-state index in [-0.39, 0.29) is 16.6 Å². The summed E-state index contributed by atoms with van der Waals surface area (Å²) in [5, 5.41) is 2.29. The van der Waals surface area contributed by atoms with Gasteiger partial charge in [0.05, 0.1) is 6.54 Å². The molecule has 0 saturated carbocycles. The van der Waals surface area contributed by atoms with Crippen molar-refractivity contribution in [2.45, 2.75) is 38.5 Å². The Kier molecular flexibility index (Phi) is 4.56. The normalized spacial score (nSPS) is 20.2. The van der Waals surface area contributed by atoms with Crippen molar-refractivity contribution in [2.24, 2.45) is 0 Å². The maximum atomic E-state index is 13.0. The highest BCUT2D eigenvalue weighted by molar-refractivity contribution is 7.90. The van der Waals surface area contributed by atoms with Crippen LogP contribution in [-0.4, -0.2) is 25.9 Å². The van der Waals surface area contributed by atoms with Crippen molar-refractivity contribution in [2.75, 3.05) is 6.54 Å². The van der Waals surface area contributed by atoms with Crippen molar-refractivity contribution in [3.05, 3.63) is 59.7 Å². The quantitative estimate of drug-likeness (QED) is 0.787. The predicted molar refractivity (Wildman–Crippen MR) is 100 cm³/mol. The lowest BCUT2D eigenvalue weighted by molar-refractivity contribution is -0.114. The van der Waals surface area contributed by atoms with Gasteiger partial charge in [0.25, 0.3) is 0 Å². The molecular weight excluding hydrogens is 318 g/mol. The van der Waals surface area contributed by atoms with Gasteiger partial charge in [0.1, 0.15) is 10.8 Å². The van der Waals surface area contributed by atoms with E-state index in [0.717, 1.165) is 21.9 Å². The summed E-state index contributed by atoms with van der Waals surface area (Å²) in [6.45, 7) is 8.02. The lowest BCUT2D eigenvalue weighted by Gasteiger charge is -2.34. The Balaban J connectivity index is 2.06. The first-order valence-corrected chi connectivity index (χ1v) is 9.28. The predicted octanol–water partition coefficient (Wildman–Crippen LogP) is 4.17. The molecule has 2 aromatic rings. The maximum Gasteiger partial charge on any atom is 0.157 e. The molecule has 1 heterocycles. The van der Waals surface area contributed by atoms with Crippen molar-refractivity contribution in [3.63, 3.8) is 0 Å². The van der Waals surface area contributed by atoms with E-state index in [4.69, 9.17) is 0 Å². The average Bonchev–Trinajstić information content (AvgIpc) is 2.97. The number of hydrogen-bond donors (Lipinski definition) is 0. The van der Waals surface area contributed by atoms with Crippen molar-refractivity contribution < 1.29 is 9.35 Å². The molecule has 0 fully saturated rings. The van der Waals surface area contributed by atoms with Gasteiger partial charge in [-0.25, -0.2) is 0 Å². The molecule has 1 aliphatic rings. The lowest BCUT2D eigenvalue weighted by Crippen LogP contribution is -2.43. The second-order valence-electron chi connectivity index (χ2n) is 7.19. The van der Waals surface area contributed by atoms with Crippen LogP contribution in [0.15, 0.2) is 54.1 Å². The number of hydrogen-bond acceptors (Lipinski definition) is 3. The van der Waals surface area contributed by atoms with Gasteiger partial charge >= 0.3 is 0 Å². The highest BCUT2D eigenvalue weighted by atomic mass is 32.2. The maximum absolute atomic E-state index is 13.0. The van der Waals surface area contributed by atoms with Crippen LogP contribution in [0.3, 0.4) is 0 Å². The van der Waals surface area contributed by atoms with Gasteiger partial charge in [-0.1, -0.05) is 42.5 Å². The highest BCUT2D eigenvalue weighted by Gasteiger charge is 2.43. The Labute approximate surface area is 146 Å². The van der Waals surface area contributed by atoms with E-state index in [1.165, 1.54) is 0 Å². The summed E-state index contributed by atoms with van der Waals surface area (Å²) in [4.78, 5) is 12.1. The van der Waals surface area contributed by atoms with Crippen LogP contribution in [0.1, 0.15) is 39.3 Å². The summed E-state index contributed by atoms with van der Waals surface area (Å²) >= 11 is -1.19. The summed E-state index contributed by atoms with van der Waals surface area (Å²) < 4.78 is 14.5. The van der Waals surface area contributed by atoms with Crippen LogP contribution >= 0.6 is 0 Å². The van der Waals surface area contributed by atoms with Crippen molar-refractivity contribution >= 4 is 27.9 Å². The Morgan fingerprint density at radius 2 is 1.83 bits per heavy atom. The van der Waals surface area contributed by atoms with Gasteiger partial charge in [0.2, 0.25) is 0 Å². The fourth-order valence-corrected chi connectivity index (χ4v) is 4.48. The second-order valence-corrected chi connectivity index (χ2v) is 9.38. The van der Waals surface area contributed by atoms with Gasteiger partial charge in [-0.2, -0.15) is 0 Å². The molecule has 3 rings (SSSR count). The molecule has 0 radical (unpaired) electrons. The van der Waals surface area contributed by atoms with Gasteiger partial charge in [0, 0.05) is 16.9 Å². The molecule has 0 spiro atoms. The first-order chi connectivity index (χ1) is 11.3. The van der Waals surface area contributed by atoms with E-state index in [2.05, 4.69) is 24.3 Å². The number of Topliss-reactive ketones (excluding diaryl/α,β-unsaturated/α-hetero) is 1. The molecular formula is C20H23NO2S. The van der Waals surface area contributed by atoms with Gasteiger partial charge < -0.3 is 4.55 Å². The lowest BCUT2D eigenvalue weighted by atomic mass is 9.96. The minimum Gasteiger partial charge on any atom is -0.597 e. The molecule has 0 N–H and O–H groups in total. The Bertz CT molecular complexity index is 807. The van der Waals surface area contributed by atoms with Gasteiger partial charge in [0.15, 0.2) is 5.78 Å². The molecule has 2 atom stereocenters. The van der Waals surface area contributed by atoms with Crippen molar-refractivity contribution in [1.29, 1.82) is 0 Å². The zero-order valence-electron chi connectivity index (χ0n) is 14.6. The van der Waals surface area contributed by atoms with Crippen LogP contribution in [0.25, 0.3) is 10.8 Å². The SMILES string of the molecule is CC(=O)C1=CCN([S+]([O-])C(C)(C)C)[C@H]1c1ccc2ccccc2c1. The third kappa shape index (κ3) is 3.14.